The van der Waals surface area contributed by atoms with Gasteiger partial charge in [-0.2, -0.15) is 0 Å². The fourth-order valence-electron chi connectivity index (χ4n) is 1.74. The molecule has 1 aromatic carbocycles. The number of aromatic nitrogens is 2. The molecule has 13 heavy (non-hydrogen) atoms. The Morgan fingerprint density at radius 1 is 1.31 bits per heavy atom. The van der Waals surface area contributed by atoms with E-state index in [0.717, 1.165) is 0 Å². The van der Waals surface area contributed by atoms with Crippen molar-refractivity contribution < 1.29 is 4.57 Å². The molecule has 0 aliphatic rings. The molecular formula is C10H13N2S+. The number of fused-ring (bicyclic) bond motifs is 1. The first-order valence-electron chi connectivity index (χ1n) is 4.23. The minimum absolute atomic E-state index is 1.28. The van der Waals surface area contributed by atoms with Gasteiger partial charge in [0.1, 0.15) is 0 Å². The van der Waals surface area contributed by atoms with E-state index in [1.165, 1.54) is 16.2 Å². The fraction of sp³-hybridized carbons (Fsp3) is 0.300. The molecule has 0 aliphatic heterocycles. The van der Waals surface area contributed by atoms with Gasteiger partial charge in [0.2, 0.25) is 0 Å². The number of hydrogen-bond acceptors (Lipinski definition) is 1. The first-order chi connectivity index (χ1) is 6.25. The molecule has 0 fully saturated rings. The lowest BCUT2D eigenvalue weighted by molar-refractivity contribution is -0.685. The molecule has 0 radical (unpaired) electrons. The Morgan fingerprint density at radius 2 is 2.00 bits per heavy atom. The Labute approximate surface area is 82.2 Å². The van der Waals surface area contributed by atoms with Crippen molar-refractivity contribution in [1.82, 2.24) is 4.57 Å². The van der Waals surface area contributed by atoms with Crippen LogP contribution in [0.25, 0.3) is 11.0 Å². The second kappa shape index (κ2) is 3.07. The van der Waals surface area contributed by atoms with Crippen molar-refractivity contribution in [2.75, 3.05) is 6.26 Å². The summed E-state index contributed by atoms with van der Waals surface area (Å²) >= 11 is 1.77. The van der Waals surface area contributed by atoms with Crippen molar-refractivity contribution >= 4 is 22.8 Å². The summed E-state index contributed by atoms with van der Waals surface area (Å²) in [4.78, 5) is 0. The molecule has 0 N–H and O–H groups in total. The Hall–Kier alpha value is -0.960. The predicted octanol–water partition coefficient (Wildman–Crippen LogP) is 1.72. The minimum atomic E-state index is 1.28. The SMILES string of the molecule is CSc1n(C)c2ccccc2[n+]1C. The van der Waals surface area contributed by atoms with Crippen LogP contribution < -0.4 is 4.57 Å². The lowest BCUT2D eigenvalue weighted by Gasteiger charge is -1.90. The van der Waals surface area contributed by atoms with Crippen LogP contribution in [0, 0.1) is 0 Å². The highest BCUT2D eigenvalue weighted by atomic mass is 32.2. The monoisotopic (exact) mass is 193 g/mol. The number of imidazole rings is 1. The second-order valence-electron chi connectivity index (χ2n) is 3.09. The zero-order chi connectivity index (χ0) is 9.42. The number of rotatable bonds is 1. The van der Waals surface area contributed by atoms with Gasteiger partial charge in [0.05, 0.1) is 14.1 Å². The molecule has 1 heterocycles. The summed E-state index contributed by atoms with van der Waals surface area (Å²) in [5.74, 6) is 0. The van der Waals surface area contributed by atoms with Gasteiger partial charge in [-0.15, -0.1) is 0 Å². The molecule has 0 aliphatic carbocycles. The van der Waals surface area contributed by atoms with E-state index >= 15 is 0 Å². The van der Waals surface area contributed by atoms with Gasteiger partial charge in [-0.1, -0.05) is 12.1 Å². The topological polar surface area (TPSA) is 8.81 Å². The summed E-state index contributed by atoms with van der Waals surface area (Å²) in [5.41, 5.74) is 2.57. The van der Waals surface area contributed by atoms with Crippen LogP contribution >= 0.6 is 11.8 Å². The van der Waals surface area contributed by atoms with E-state index in [1.807, 2.05) is 0 Å². The summed E-state index contributed by atoms with van der Waals surface area (Å²) in [7, 11) is 4.21. The Bertz CT molecular complexity index is 406. The van der Waals surface area contributed by atoms with Gasteiger partial charge in [-0.3, -0.25) is 0 Å². The molecule has 0 unspecified atom stereocenters. The Morgan fingerprint density at radius 3 is 2.62 bits per heavy atom. The maximum absolute atomic E-state index is 2.22. The molecule has 0 saturated heterocycles. The highest BCUT2D eigenvalue weighted by molar-refractivity contribution is 7.98. The van der Waals surface area contributed by atoms with E-state index < -0.39 is 0 Å². The highest BCUT2D eigenvalue weighted by Gasteiger charge is 2.17. The van der Waals surface area contributed by atoms with E-state index in [-0.39, 0.29) is 0 Å². The van der Waals surface area contributed by atoms with Gasteiger partial charge >= 0.3 is 5.16 Å². The number of hydrogen-bond donors (Lipinski definition) is 0. The van der Waals surface area contributed by atoms with Crippen LogP contribution in [0.2, 0.25) is 0 Å². The molecule has 0 spiro atoms. The van der Waals surface area contributed by atoms with E-state index in [0.29, 0.717) is 0 Å². The van der Waals surface area contributed by atoms with E-state index in [2.05, 4.69) is 53.8 Å². The van der Waals surface area contributed by atoms with Crippen molar-refractivity contribution in [1.29, 1.82) is 0 Å². The van der Waals surface area contributed by atoms with Crippen LogP contribution in [0.3, 0.4) is 0 Å². The van der Waals surface area contributed by atoms with Crippen molar-refractivity contribution in [2.24, 2.45) is 14.1 Å². The highest BCUT2D eigenvalue weighted by Crippen LogP contribution is 2.17. The Balaban J connectivity index is 2.88. The van der Waals surface area contributed by atoms with E-state index in [9.17, 15) is 0 Å². The third kappa shape index (κ3) is 1.15. The van der Waals surface area contributed by atoms with Crippen LogP contribution in [-0.2, 0) is 14.1 Å². The summed E-state index contributed by atoms with van der Waals surface area (Å²) in [6.45, 7) is 0. The van der Waals surface area contributed by atoms with Crippen LogP contribution in [0.4, 0.5) is 0 Å². The number of para-hydroxylation sites is 2. The van der Waals surface area contributed by atoms with E-state index in [1.54, 1.807) is 11.8 Å². The molecule has 2 nitrogen and oxygen atoms in total. The third-order valence-electron chi connectivity index (χ3n) is 2.36. The summed E-state index contributed by atoms with van der Waals surface area (Å²) in [6, 6.07) is 8.45. The van der Waals surface area contributed by atoms with Crippen LogP contribution in [0.15, 0.2) is 29.4 Å². The zero-order valence-corrected chi connectivity index (χ0v) is 8.93. The third-order valence-corrected chi connectivity index (χ3v) is 3.27. The molecule has 1 aromatic heterocycles. The number of aryl methyl sites for hydroxylation is 2. The van der Waals surface area contributed by atoms with Gasteiger partial charge in [0, 0.05) is 0 Å². The average Bonchev–Trinajstić information content (AvgIpc) is 2.41. The van der Waals surface area contributed by atoms with Crippen LogP contribution in [0.5, 0.6) is 0 Å². The number of benzene rings is 1. The van der Waals surface area contributed by atoms with Crippen molar-refractivity contribution in [3.8, 4) is 0 Å². The molecule has 3 heteroatoms. The van der Waals surface area contributed by atoms with Gasteiger partial charge in [0.25, 0.3) is 0 Å². The maximum atomic E-state index is 2.22. The first-order valence-corrected chi connectivity index (χ1v) is 5.45. The normalized spacial score (nSPS) is 11.0. The first kappa shape index (κ1) is 8.63. The zero-order valence-electron chi connectivity index (χ0n) is 8.11. The maximum Gasteiger partial charge on any atom is 0.318 e. The molecule has 0 amide bonds. The molecule has 68 valence electrons. The largest absolute Gasteiger partial charge is 0.318 e. The lowest BCUT2D eigenvalue weighted by Crippen LogP contribution is -2.29. The summed E-state index contributed by atoms with van der Waals surface area (Å²) < 4.78 is 4.44. The van der Waals surface area contributed by atoms with Crippen molar-refractivity contribution in [2.45, 2.75) is 5.16 Å². The van der Waals surface area contributed by atoms with Crippen molar-refractivity contribution in [3.05, 3.63) is 24.3 Å². The fourth-order valence-corrected chi connectivity index (χ4v) is 2.48. The molecule has 0 bridgehead atoms. The van der Waals surface area contributed by atoms with Crippen LogP contribution in [-0.4, -0.2) is 10.8 Å². The van der Waals surface area contributed by atoms with Gasteiger partial charge in [-0.25, -0.2) is 9.13 Å². The number of nitrogens with zero attached hydrogens (tertiary/aromatic N) is 2. The van der Waals surface area contributed by atoms with Crippen molar-refractivity contribution in [3.63, 3.8) is 0 Å². The molecule has 0 saturated carbocycles. The average molecular weight is 193 g/mol. The minimum Gasteiger partial charge on any atom is -0.220 e. The van der Waals surface area contributed by atoms with Gasteiger partial charge in [-0.05, 0) is 30.2 Å². The summed E-state index contributed by atoms with van der Waals surface area (Å²) in [6.07, 6.45) is 2.11. The number of thioether (sulfide) groups is 1. The molecule has 2 aromatic rings. The Kier molecular flexibility index (Phi) is 2.04. The second-order valence-corrected chi connectivity index (χ2v) is 3.87. The molecule has 2 rings (SSSR count). The lowest BCUT2D eigenvalue weighted by atomic mass is 10.3. The van der Waals surface area contributed by atoms with Gasteiger partial charge < -0.3 is 0 Å². The predicted molar refractivity (Wildman–Crippen MR) is 55.9 cm³/mol. The summed E-state index contributed by atoms with van der Waals surface area (Å²) in [5, 5.41) is 1.28. The van der Waals surface area contributed by atoms with E-state index in [4.69, 9.17) is 0 Å². The molecule has 0 atom stereocenters. The van der Waals surface area contributed by atoms with Crippen LogP contribution in [0.1, 0.15) is 0 Å². The standard InChI is InChI=1S/C10H13N2S/c1-11-8-6-4-5-7-9(8)12(2)10(11)13-3/h4-7H,1-3H3/q+1. The van der Waals surface area contributed by atoms with Gasteiger partial charge in [0.15, 0.2) is 11.0 Å². The molecular weight excluding hydrogens is 180 g/mol. The smallest absolute Gasteiger partial charge is 0.220 e. The quantitative estimate of drug-likeness (QED) is 0.495.